The largest absolute Gasteiger partial charge is 0.506 e. The number of benzene rings is 2. The molecule has 2 aromatic carbocycles. The summed E-state index contributed by atoms with van der Waals surface area (Å²) in [6, 6.07) is 14.7. The molecule has 0 aliphatic rings. The summed E-state index contributed by atoms with van der Waals surface area (Å²) < 4.78 is 5.54. The maximum atomic E-state index is 12.2. The average molecular weight is 348 g/mol. The average Bonchev–Trinajstić information content (AvgIpc) is 3.02. The van der Waals surface area contributed by atoms with Crippen molar-refractivity contribution in [3.8, 4) is 17.1 Å². The standard InChI is InChI=1S/C17H11Cl2NO3/c18-11-3-1-10(2-4-11)15-7-8-16(23-15)17(22)20-13-9-12(19)5-6-14(13)21/h1-9,21H,(H,20,22). The van der Waals surface area contributed by atoms with Crippen molar-refractivity contribution in [1.29, 1.82) is 0 Å². The number of amides is 1. The Morgan fingerprint density at radius 3 is 2.39 bits per heavy atom. The quantitative estimate of drug-likeness (QED) is 0.639. The number of hydrogen-bond donors (Lipinski definition) is 2. The topological polar surface area (TPSA) is 62.5 Å². The minimum Gasteiger partial charge on any atom is -0.506 e. The molecule has 0 bridgehead atoms. The smallest absolute Gasteiger partial charge is 0.291 e. The van der Waals surface area contributed by atoms with Crippen LogP contribution in [0.1, 0.15) is 10.6 Å². The van der Waals surface area contributed by atoms with E-state index < -0.39 is 5.91 Å². The van der Waals surface area contributed by atoms with Crippen molar-refractivity contribution in [2.24, 2.45) is 0 Å². The van der Waals surface area contributed by atoms with Gasteiger partial charge in [0.1, 0.15) is 11.5 Å². The van der Waals surface area contributed by atoms with E-state index in [1.807, 2.05) is 0 Å². The summed E-state index contributed by atoms with van der Waals surface area (Å²) in [6.07, 6.45) is 0. The van der Waals surface area contributed by atoms with Crippen LogP contribution < -0.4 is 5.32 Å². The molecule has 0 fully saturated rings. The highest BCUT2D eigenvalue weighted by molar-refractivity contribution is 6.31. The van der Waals surface area contributed by atoms with Crippen LogP contribution in [-0.4, -0.2) is 11.0 Å². The van der Waals surface area contributed by atoms with E-state index in [9.17, 15) is 9.90 Å². The summed E-state index contributed by atoms with van der Waals surface area (Å²) in [6.45, 7) is 0. The lowest BCUT2D eigenvalue weighted by Crippen LogP contribution is -2.10. The van der Waals surface area contributed by atoms with Crippen LogP contribution in [0.2, 0.25) is 10.0 Å². The van der Waals surface area contributed by atoms with Gasteiger partial charge in [0.05, 0.1) is 5.69 Å². The number of nitrogens with one attached hydrogen (secondary N) is 1. The first kappa shape index (κ1) is 15.5. The van der Waals surface area contributed by atoms with Gasteiger partial charge in [0, 0.05) is 15.6 Å². The number of rotatable bonds is 3. The van der Waals surface area contributed by atoms with E-state index in [1.54, 1.807) is 36.4 Å². The molecule has 1 aromatic heterocycles. The Balaban J connectivity index is 1.81. The minimum atomic E-state index is -0.484. The molecule has 6 heteroatoms. The number of halogens is 2. The highest BCUT2D eigenvalue weighted by Gasteiger charge is 2.14. The van der Waals surface area contributed by atoms with Crippen LogP contribution in [0.4, 0.5) is 5.69 Å². The van der Waals surface area contributed by atoms with E-state index in [-0.39, 0.29) is 17.2 Å². The van der Waals surface area contributed by atoms with E-state index >= 15 is 0 Å². The number of hydrogen-bond acceptors (Lipinski definition) is 3. The molecule has 1 amide bonds. The first-order chi connectivity index (χ1) is 11.0. The number of phenols is 1. The Morgan fingerprint density at radius 2 is 1.65 bits per heavy atom. The maximum Gasteiger partial charge on any atom is 0.291 e. The van der Waals surface area contributed by atoms with Gasteiger partial charge in [-0.3, -0.25) is 4.79 Å². The van der Waals surface area contributed by atoms with Crippen LogP contribution in [0.25, 0.3) is 11.3 Å². The summed E-state index contributed by atoms with van der Waals surface area (Å²) in [5.74, 6) is 0.103. The van der Waals surface area contributed by atoms with E-state index in [0.29, 0.717) is 15.8 Å². The van der Waals surface area contributed by atoms with Gasteiger partial charge in [-0.15, -0.1) is 0 Å². The van der Waals surface area contributed by atoms with Crippen LogP contribution in [0, 0.1) is 0 Å². The lowest BCUT2D eigenvalue weighted by atomic mass is 10.2. The third-order valence-corrected chi connectivity index (χ3v) is 3.65. The monoisotopic (exact) mass is 347 g/mol. The van der Waals surface area contributed by atoms with Gasteiger partial charge in [-0.1, -0.05) is 23.2 Å². The molecule has 3 aromatic rings. The van der Waals surface area contributed by atoms with E-state index in [0.717, 1.165) is 5.56 Å². The summed E-state index contributed by atoms with van der Waals surface area (Å²) in [7, 11) is 0. The van der Waals surface area contributed by atoms with E-state index in [2.05, 4.69) is 5.32 Å². The van der Waals surface area contributed by atoms with Crippen molar-refractivity contribution in [3.63, 3.8) is 0 Å². The van der Waals surface area contributed by atoms with Crippen LogP contribution in [0.15, 0.2) is 59.0 Å². The number of carbonyl (C=O) groups is 1. The van der Waals surface area contributed by atoms with Crippen LogP contribution in [0.5, 0.6) is 5.75 Å². The van der Waals surface area contributed by atoms with Gasteiger partial charge in [0.2, 0.25) is 0 Å². The Labute approximate surface area is 142 Å². The van der Waals surface area contributed by atoms with Crippen LogP contribution >= 0.6 is 23.2 Å². The van der Waals surface area contributed by atoms with Gasteiger partial charge >= 0.3 is 0 Å². The lowest BCUT2D eigenvalue weighted by molar-refractivity contribution is 0.0997. The molecule has 0 atom stereocenters. The van der Waals surface area contributed by atoms with Crippen LogP contribution in [-0.2, 0) is 0 Å². The molecule has 0 radical (unpaired) electrons. The normalized spacial score (nSPS) is 10.5. The van der Waals surface area contributed by atoms with Gasteiger partial charge in [-0.05, 0) is 54.6 Å². The zero-order valence-electron chi connectivity index (χ0n) is 11.7. The summed E-state index contributed by atoms with van der Waals surface area (Å²) in [5.41, 5.74) is 1.02. The summed E-state index contributed by atoms with van der Waals surface area (Å²) in [4.78, 5) is 12.2. The van der Waals surface area contributed by atoms with Crippen molar-refractivity contribution < 1.29 is 14.3 Å². The van der Waals surface area contributed by atoms with Crippen molar-refractivity contribution in [1.82, 2.24) is 0 Å². The Kier molecular flexibility index (Phi) is 4.28. The van der Waals surface area contributed by atoms with Gasteiger partial charge in [0.15, 0.2) is 5.76 Å². The lowest BCUT2D eigenvalue weighted by Gasteiger charge is -2.06. The molecule has 0 saturated heterocycles. The molecule has 0 aliphatic carbocycles. The molecule has 23 heavy (non-hydrogen) atoms. The number of anilines is 1. The fourth-order valence-electron chi connectivity index (χ4n) is 2.02. The molecule has 3 rings (SSSR count). The molecule has 4 nitrogen and oxygen atoms in total. The highest BCUT2D eigenvalue weighted by atomic mass is 35.5. The first-order valence-corrected chi connectivity index (χ1v) is 7.44. The van der Waals surface area contributed by atoms with Gasteiger partial charge < -0.3 is 14.8 Å². The molecule has 0 saturated carbocycles. The zero-order valence-corrected chi connectivity index (χ0v) is 13.2. The van der Waals surface area contributed by atoms with Crippen molar-refractivity contribution in [3.05, 3.63) is 70.4 Å². The molecular weight excluding hydrogens is 337 g/mol. The van der Waals surface area contributed by atoms with Gasteiger partial charge in [-0.2, -0.15) is 0 Å². The number of phenolic OH excluding ortho intramolecular Hbond substituents is 1. The molecule has 1 heterocycles. The Hall–Kier alpha value is -2.43. The molecule has 2 N–H and O–H groups in total. The van der Waals surface area contributed by atoms with Gasteiger partial charge in [-0.25, -0.2) is 0 Å². The number of carbonyl (C=O) groups excluding carboxylic acids is 1. The second-order valence-corrected chi connectivity index (χ2v) is 5.66. The number of furan rings is 1. The maximum absolute atomic E-state index is 12.2. The molecule has 0 spiro atoms. The molecule has 0 aliphatic heterocycles. The molecular formula is C17H11Cl2NO3. The predicted molar refractivity (Wildman–Crippen MR) is 90.2 cm³/mol. The summed E-state index contributed by atoms with van der Waals surface area (Å²) in [5, 5.41) is 13.3. The van der Waals surface area contributed by atoms with Crippen molar-refractivity contribution >= 4 is 34.8 Å². The van der Waals surface area contributed by atoms with Gasteiger partial charge in [0.25, 0.3) is 5.91 Å². The third kappa shape index (κ3) is 3.50. The second-order valence-electron chi connectivity index (χ2n) is 4.79. The SMILES string of the molecule is O=C(Nc1cc(Cl)ccc1O)c1ccc(-c2ccc(Cl)cc2)o1. The predicted octanol–water partition coefficient (Wildman–Crippen LogP) is 5.21. The second kappa shape index (κ2) is 6.36. The fourth-order valence-corrected chi connectivity index (χ4v) is 2.32. The molecule has 0 unspecified atom stereocenters. The van der Waals surface area contributed by atoms with Crippen molar-refractivity contribution in [2.45, 2.75) is 0 Å². The van der Waals surface area contributed by atoms with E-state index in [4.69, 9.17) is 27.6 Å². The highest BCUT2D eigenvalue weighted by Crippen LogP contribution is 2.28. The van der Waals surface area contributed by atoms with E-state index in [1.165, 1.54) is 18.2 Å². The Morgan fingerprint density at radius 1 is 0.957 bits per heavy atom. The zero-order chi connectivity index (χ0) is 16.4. The third-order valence-electron chi connectivity index (χ3n) is 3.17. The van der Waals surface area contributed by atoms with Crippen molar-refractivity contribution in [2.75, 3.05) is 5.32 Å². The first-order valence-electron chi connectivity index (χ1n) is 6.68. The fraction of sp³-hybridized carbons (Fsp3) is 0. The number of aromatic hydroxyl groups is 1. The summed E-state index contributed by atoms with van der Waals surface area (Å²) >= 11 is 11.7. The minimum absolute atomic E-state index is 0.0766. The molecule has 116 valence electrons. The van der Waals surface area contributed by atoms with Crippen LogP contribution in [0.3, 0.4) is 0 Å². The Bertz CT molecular complexity index is 857.